The van der Waals surface area contributed by atoms with Crippen LogP contribution < -0.4 is 9.47 Å². The van der Waals surface area contributed by atoms with Gasteiger partial charge in [0.25, 0.3) is 0 Å². The SMILES string of the molecule is CCCCCOc1ccc(C(=O)Oc2ccc(Cl)cc2Cl)cc1. The zero-order valence-electron chi connectivity index (χ0n) is 12.9. The monoisotopic (exact) mass is 352 g/mol. The summed E-state index contributed by atoms with van der Waals surface area (Å²) in [7, 11) is 0. The highest BCUT2D eigenvalue weighted by Gasteiger charge is 2.11. The third-order valence-corrected chi connectivity index (χ3v) is 3.73. The van der Waals surface area contributed by atoms with Crippen LogP contribution in [0.15, 0.2) is 42.5 Å². The van der Waals surface area contributed by atoms with Crippen molar-refractivity contribution in [3.63, 3.8) is 0 Å². The lowest BCUT2D eigenvalue weighted by atomic mass is 10.2. The summed E-state index contributed by atoms with van der Waals surface area (Å²) in [5, 5.41) is 0.779. The zero-order chi connectivity index (χ0) is 16.7. The Morgan fingerprint density at radius 1 is 1.04 bits per heavy atom. The summed E-state index contributed by atoms with van der Waals surface area (Å²) in [6, 6.07) is 11.6. The number of ether oxygens (including phenoxy) is 2. The molecule has 0 saturated heterocycles. The largest absolute Gasteiger partial charge is 0.494 e. The van der Waals surface area contributed by atoms with E-state index in [9.17, 15) is 4.79 Å². The van der Waals surface area contributed by atoms with Gasteiger partial charge in [0.2, 0.25) is 0 Å². The summed E-state index contributed by atoms with van der Waals surface area (Å²) < 4.78 is 10.9. The average Bonchev–Trinajstić information content (AvgIpc) is 2.55. The predicted octanol–water partition coefficient (Wildman–Crippen LogP) is 5.78. The van der Waals surface area contributed by atoms with Gasteiger partial charge in [0.1, 0.15) is 11.5 Å². The van der Waals surface area contributed by atoms with E-state index in [4.69, 9.17) is 32.7 Å². The third-order valence-electron chi connectivity index (χ3n) is 3.20. The van der Waals surface area contributed by atoms with Crippen LogP contribution in [0.5, 0.6) is 11.5 Å². The smallest absolute Gasteiger partial charge is 0.343 e. The van der Waals surface area contributed by atoms with Crippen LogP contribution in [-0.2, 0) is 0 Å². The molecular formula is C18H18Cl2O3. The standard InChI is InChI=1S/C18H18Cl2O3/c1-2-3-4-11-22-15-8-5-13(6-9-15)18(21)23-17-10-7-14(19)12-16(17)20/h5-10,12H,2-4,11H2,1H3. The molecule has 0 spiro atoms. The lowest BCUT2D eigenvalue weighted by molar-refractivity contribution is 0.0735. The Morgan fingerprint density at radius 3 is 2.43 bits per heavy atom. The molecule has 2 aromatic carbocycles. The number of hydrogen-bond acceptors (Lipinski definition) is 3. The molecule has 2 aromatic rings. The van der Waals surface area contributed by atoms with Crippen molar-refractivity contribution in [1.82, 2.24) is 0 Å². The van der Waals surface area contributed by atoms with Crippen LogP contribution in [0.25, 0.3) is 0 Å². The van der Waals surface area contributed by atoms with E-state index in [1.165, 1.54) is 6.07 Å². The first-order chi connectivity index (χ1) is 11.1. The molecule has 0 fully saturated rings. The molecule has 0 aliphatic carbocycles. The van der Waals surface area contributed by atoms with Crippen LogP contribution in [0.1, 0.15) is 36.5 Å². The average molecular weight is 353 g/mol. The first-order valence-electron chi connectivity index (χ1n) is 7.50. The van der Waals surface area contributed by atoms with E-state index in [0.29, 0.717) is 22.2 Å². The normalized spacial score (nSPS) is 10.4. The summed E-state index contributed by atoms with van der Waals surface area (Å²) in [6.07, 6.45) is 3.32. The molecule has 3 nitrogen and oxygen atoms in total. The fourth-order valence-corrected chi connectivity index (χ4v) is 2.39. The van der Waals surface area contributed by atoms with Crippen molar-refractivity contribution in [3.8, 4) is 11.5 Å². The molecule has 0 saturated carbocycles. The maximum absolute atomic E-state index is 12.1. The van der Waals surface area contributed by atoms with Gasteiger partial charge in [0, 0.05) is 5.02 Å². The van der Waals surface area contributed by atoms with Crippen LogP contribution in [-0.4, -0.2) is 12.6 Å². The Labute approximate surface area is 146 Å². The van der Waals surface area contributed by atoms with Crippen LogP contribution >= 0.6 is 23.2 Å². The molecule has 0 unspecified atom stereocenters. The van der Waals surface area contributed by atoms with E-state index in [-0.39, 0.29) is 5.75 Å². The number of rotatable bonds is 7. The number of benzene rings is 2. The molecule has 0 bridgehead atoms. The second kappa shape index (κ2) is 8.80. The third kappa shape index (κ3) is 5.45. The van der Waals surface area contributed by atoms with Crippen LogP contribution in [0.3, 0.4) is 0 Å². The summed E-state index contributed by atoms with van der Waals surface area (Å²) in [6.45, 7) is 2.82. The van der Waals surface area contributed by atoms with Gasteiger partial charge in [-0.05, 0) is 48.9 Å². The van der Waals surface area contributed by atoms with E-state index in [2.05, 4.69) is 6.92 Å². The predicted molar refractivity (Wildman–Crippen MR) is 92.9 cm³/mol. The summed E-state index contributed by atoms with van der Waals surface area (Å²) in [5.41, 5.74) is 0.428. The molecule has 122 valence electrons. The summed E-state index contributed by atoms with van der Waals surface area (Å²) in [4.78, 5) is 12.1. The lowest BCUT2D eigenvalue weighted by Gasteiger charge is -2.08. The Bertz CT molecular complexity index is 654. The molecule has 23 heavy (non-hydrogen) atoms. The van der Waals surface area contributed by atoms with E-state index < -0.39 is 5.97 Å². The van der Waals surface area contributed by atoms with E-state index in [1.54, 1.807) is 36.4 Å². The van der Waals surface area contributed by atoms with Gasteiger partial charge in [-0.25, -0.2) is 4.79 Å². The zero-order valence-corrected chi connectivity index (χ0v) is 14.4. The molecule has 0 aliphatic rings. The second-order valence-corrected chi connectivity index (χ2v) is 5.89. The molecule has 0 aromatic heterocycles. The summed E-state index contributed by atoms with van der Waals surface area (Å²) in [5.74, 6) is 0.537. The van der Waals surface area contributed by atoms with Crippen molar-refractivity contribution < 1.29 is 14.3 Å². The molecule has 0 atom stereocenters. The molecule has 0 N–H and O–H groups in total. The minimum atomic E-state index is -0.480. The van der Waals surface area contributed by atoms with Gasteiger partial charge in [-0.2, -0.15) is 0 Å². The number of unbranched alkanes of at least 4 members (excludes halogenated alkanes) is 2. The Balaban J connectivity index is 1.94. The highest BCUT2D eigenvalue weighted by molar-refractivity contribution is 6.35. The Morgan fingerprint density at radius 2 is 1.78 bits per heavy atom. The van der Waals surface area contributed by atoms with Crippen molar-refractivity contribution in [2.45, 2.75) is 26.2 Å². The molecule has 5 heteroatoms. The van der Waals surface area contributed by atoms with E-state index >= 15 is 0 Å². The van der Waals surface area contributed by atoms with Gasteiger partial charge in [-0.3, -0.25) is 0 Å². The molecule has 0 heterocycles. The van der Waals surface area contributed by atoms with Crippen molar-refractivity contribution in [2.75, 3.05) is 6.61 Å². The number of hydrogen-bond donors (Lipinski definition) is 0. The lowest BCUT2D eigenvalue weighted by Crippen LogP contribution is -2.08. The quantitative estimate of drug-likeness (QED) is 0.359. The number of carbonyl (C=O) groups is 1. The second-order valence-electron chi connectivity index (χ2n) is 5.04. The fourth-order valence-electron chi connectivity index (χ4n) is 1.95. The Kier molecular flexibility index (Phi) is 6.75. The van der Waals surface area contributed by atoms with Crippen molar-refractivity contribution in [1.29, 1.82) is 0 Å². The van der Waals surface area contributed by atoms with Crippen LogP contribution in [0, 0.1) is 0 Å². The van der Waals surface area contributed by atoms with Gasteiger partial charge >= 0.3 is 5.97 Å². The van der Waals surface area contributed by atoms with Crippen LogP contribution in [0.2, 0.25) is 10.0 Å². The van der Waals surface area contributed by atoms with E-state index in [1.807, 2.05) is 0 Å². The number of esters is 1. The van der Waals surface area contributed by atoms with Crippen LogP contribution in [0.4, 0.5) is 0 Å². The highest BCUT2D eigenvalue weighted by Crippen LogP contribution is 2.28. The molecule has 2 rings (SSSR count). The molecule has 0 aliphatic heterocycles. The van der Waals surface area contributed by atoms with E-state index in [0.717, 1.165) is 25.0 Å². The van der Waals surface area contributed by atoms with Gasteiger partial charge in [0.05, 0.1) is 17.2 Å². The van der Waals surface area contributed by atoms with Gasteiger partial charge in [-0.1, -0.05) is 43.0 Å². The van der Waals surface area contributed by atoms with Crippen molar-refractivity contribution in [3.05, 3.63) is 58.1 Å². The highest BCUT2D eigenvalue weighted by atomic mass is 35.5. The first-order valence-corrected chi connectivity index (χ1v) is 8.26. The molecule has 0 radical (unpaired) electrons. The number of halogens is 2. The van der Waals surface area contributed by atoms with Gasteiger partial charge in [-0.15, -0.1) is 0 Å². The van der Waals surface area contributed by atoms with Crippen molar-refractivity contribution >= 4 is 29.2 Å². The maximum Gasteiger partial charge on any atom is 0.343 e. The molecular weight excluding hydrogens is 335 g/mol. The fraction of sp³-hybridized carbons (Fsp3) is 0.278. The topological polar surface area (TPSA) is 35.5 Å². The molecule has 0 amide bonds. The number of carbonyl (C=O) groups excluding carboxylic acids is 1. The van der Waals surface area contributed by atoms with Gasteiger partial charge < -0.3 is 9.47 Å². The first kappa shape index (κ1) is 17.6. The maximum atomic E-state index is 12.1. The van der Waals surface area contributed by atoms with Gasteiger partial charge in [0.15, 0.2) is 0 Å². The Hall–Kier alpha value is -1.71. The van der Waals surface area contributed by atoms with Crippen molar-refractivity contribution in [2.24, 2.45) is 0 Å². The minimum absolute atomic E-state index is 0.279. The minimum Gasteiger partial charge on any atom is -0.494 e. The summed E-state index contributed by atoms with van der Waals surface area (Å²) >= 11 is 11.8.